The third-order valence-corrected chi connectivity index (χ3v) is 6.77. The second-order valence-corrected chi connectivity index (χ2v) is 10.1. The molecule has 18 heteroatoms. The van der Waals surface area contributed by atoms with Gasteiger partial charge in [0, 0.05) is 34.1 Å². The lowest BCUT2D eigenvalue weighted by atomic mass is 9.91. The summed E-state index contributed by atoms with van der Waals surface area (Å²) in [4.78, 5) is 36.1. The van der Waals surface area contributed by atoms with Crippen molar-refractivity contribution in [3.05, 3.63) is 87.1 Å². The van der Waals surface area contributed by atoms with Gasteiger partial charge in [-0.2, -0.15) is 39.5 Å². The Balaban J connectivity index is 2.04. The van der Waals surface area contributed by atoms with Gasteiger partial charge in [-0.25, -0.2) is 8.78 Å². The second kappa shape index (κ2) is 12.6. The normalized spacial score (nSPS) is 12.5. The van der Waals surface area contributed by atoms with Crippen LogP contribution in [0.1, 0.15) is 38.3 Å². The fraction of sp³-hybridized carbons (Fsp3) is 0.222. The molecule has 0 aliphatic rings. The zero-order valence-electron chi connectivity index (χ0n) is 21.9. The number of nitrogens with two attached hydrogens (primary N) is 1. The number of halogens is 12. The molecule has 0 radical (unpaired) electrons. The molecule has 0 aromatic heterocycles. The van der Waals surface area contributed by atoms with Crippen molar-refractivity contribution in [1.29, 1.82) is 0 Å². The van der Waals surface area contributed by atoms with E-state index in [4.69, 9.17) is 5.73 Å². The van der Waals surface area contributed by atoms with Gasteiger partial charge in [0.05, 0.1) is 16.8 Å². The van der Waals surface area contributed by atoms with Crippen molar-refractivity contribution >= 4 is 39.3 Å². The van der Waals surface area contributed by atoms with Crippen molar-refractivity contribution < 1.29 is 62.7 Å². The molecule has 242 valence electrons. The molecule has 0 unspecified atom stereocenters. The van der Waals surface area contributed by atoms with E-state index in [9.17, 15) is 58.3 Å². The molecule has 3 aromatic carbocycles. The summed E-state index contributed by atoms with van der Waals surface area (Å²) in [5.41, 5.74) is -8.71. The molecular weight excluding hydrogens is 703 g/mol. The van der Waals surface area contributed by atoms with E-state index in [-0.39, 0.29) is 35.7 Å². The van der Waals surface area contributed by atoms with Crippen LogP contribution in [0.5, 0.6) is 0 Å². The standard InChI is InChI=1S/C27H17BrF11N3O3/c28-18-11-14(24(30,26(34,35)36)27(37,38)39)10-17(25(31,32)33)21(18)42-23(45)16-6-2-5-15(20(16)29)12-3-1-4-13(9-12)22(44)41-8-7-19(40)43/h1-6,9-11H,7-8H2,(H2,40,43)(H,41,44)(H,42,45). The Morgan fingerprint density at radius 2 is 1.40 bits per heavy atom. The smallest absolute Gasteiger partial charge is 0.370 e. The average molecular weight is 720 g/mol. The molecule has 0 heterocycles. The van der Waals surface area contributed by atoms with Crippen molar-refractivity contribution in [2.75, 3.05) is 11.9 Å². The monoisotopic (exact) mass is 719 g/mol. The minimum atomic E-state index is -6.73. The van der Waals surface area contributed by atoms with Crippen LogP contribution in [0, 0.1) is 5.82 Å². The van der Waals surface area contributed by atoms with Crippen LogP contribution in [0.4, 0.5) is 54.0 Å². The number of carbonyl (C=O) groups excluding carboxylic acids is 3. The summed E-state index contributed by atoms with van der Waals surface area (Å²) in [5.74, 6) is -4.33. The van der Waals surface area contributed by atoms with E-state index < -0.39 is 80.7 Å². The molecular formula is C27H17BrF11N3O3. The molecule has 0 fully saturated rings. The van der Waals surface area contributed by atoms with Crippen LogP contribution in [0.15, 0.2) is 59.1 Å². The van der Waals surface area contributed by atoms with Gasteiger partial charge < -0.3 is 16.4 Å². The second-order valence-electron chi connectivity index (χ2n) is 9.21. The third kappa shape index (κ3) is 7.37. The molecule has 0 aliphatic carbocycles. The molecule has 0 atom stereocenters. The van der Waals surface area contributed by atoms with Crippen LogP contribution in [-0.4, -0.2) is 36.6 Å². The molecule has 0 spiro atoms. The number of alkyl halides is 10. The summed E-state index contributed by atoms with van der Waals surface area (Å²) in [7, 11) is 0. The number of anilines is 1. The number of benzene rings is 3. The topological polar surface area (TPSA) is 101 Å². The Morgan fingerprint density at radius 1 is 0.800 bits per heavy atom. The van der Waals surface area contributed by atoms with E-state index in [0.29, 0.717) is 0 Å². The van der Waals surface area contributed by atoms with Crippen molar-refractivity contribution in [2.45, 2.75) is 30.6 Å². The van der Waals surface area contributed by atoms with E-state index in [1.807, 2.05) is 0 Å². The highest BCUT2D eigenvalue weighted by atomic mass is 79.9. The molecule has 3 rings (SSSR count). The minimum absolute atomic E-state index is 0.00445. The van der Waals surface area contributed by atoms with Gasteiger partial charge in [0.25, 0.3) is 11.8 Å². The van der Waals surface area contributed by atoms with Gasteiger partial charge in [0.1, 0.15) is 5.82 Å². The first kappa shape index (κ1) is 35.3. The van der Waals surface area contributed by atoms with Crippen LogP contribution in [-0.2, 0) is 16.6 Å². The quantitative estimate of drug-likeness (QED) is 0.211. The maximum Gasteiger partial charge on any atom is 0.435 e. The van der Waals surface area contributed by atoms with Crippen molar-refractivity contribution in [3.63, 3.8) is 0 Å². The Hall–Kier alpha value is -4.22. The van der Waals surface area contributed by atoms with Gasteiger partial charge in [-0.1, -0.05) is 24.3 Å². The van der Waals surface area contributed by atoms with E-state index in [2.05, 4.69) is 21.2 Å². The summed E-state index contributed by atoms with van der Waals surface area (Å²) < 4.78 is 150. The maximum atomic E-state index is 15.5. The van der Waals surface area contributed by atoms with Gasteiger partial charge in [-0.15, -0.1) is 0 Å². The summed E-state index contributed by atoms with van der Waals surface area (Å²) in [6, 6.07) is 7.18. The summed E-state index contributed by atoms with van der Waals surface area (Å²) in [5, 5.41) is 4.00. The van der Waals surface area contributed by atoms with E-state index in [0.717, 1.165) is 18.2 Å². The molecule has 0 aliphatic heterocycles. The van der Waals surface area contributed by atoms with Gasteiger partial charge in [0.15, 0.2) is 0 Å². The Bertz CT molecular complexity index is 1620. The number of primary amides is 1. The van der Waals surface area contributed by atoms with Crippen LogP contribution in [0.2, 0.25) is 0 Å². The molecule has 0 bridgehead atoms. The summed E-state index contributed by atoms with van der Waals surface area (Å²) >= 11 is 2.36. The Kier molecular flexibility index (Phi) is 9.91. The molecule has 45 heavy (non-hydrogen) atoms. The largest absolute Gasteiger partial charge is 0.435 e. The molecule has 0 saturated carbocycles. The third-order valence-electron chi connectivity index (χ3n) is 6.15. The predicted octanol–water partition coefficient (Wildman–Crippen LogP) is 7.42. The summed E-state index contributed by atoms with van der Waals surface area (Å²) in [6.07, 6.45) is -19.4. The zero-order valence-corrected chi connectivity index (χ0v) is 23.5. The van der Waals surface area contributed by atoms with Crippen molar-refractivity contribution in [1.82, 2.24) is 5.32 Å². The predicted molar refractivity (Wildman–Crippen MR) is 140 cm³/mol. The van der Waals surface area contributed by atoms with Crippen LogP contribution < -0.4 is 16.4 Å². The molecule has 4 N–H and O–H groups in total. The van der Waals surface area contributed by atoms with Gasteiger partial charge >= 0.3 is 24.2 Å². The van der Waals surface area contributed by atoms with Gasteiger partial charge in [-0.3, -0.25) is 14.4 Å². The first-order valence-electron chi connectivity index (χ1n) is 12.1. The highest BCUT2D eigenvalue weighted by Crippen LogP contribution is 2.55. The first-order valence-corrected chi connectivity index (χ1v) is 12.9. The molecule has 3 amide bonds. The number of carbonyl (C=O) groups is 3. The van der Waals surface area contributed by atoms with Gasteiger partial charge in [0.2, 0.25) is 5.91 Å². The number of hydrogen-bond acceptors (Lipinski definition) is 3. The van der Waals surface area contributed by atoms with E-state index in [1.165, 1.54) is 24.3 Å². The average Bonchev–Trinajstić information content (AvgIpc) is 2.91. The molecule has 0 saturated heterocycles. The van der Waals surface area contributed by atoms with E-state index >= 15 is 4.39 Å². The number of rotatable bonds is 8. The van der Waals surface area contributed by atoms with Gasteiger partial charge in [-0.05, 0) is 51.8 Å². The van der Waals surface area contributed by atoms with Crippen LogP contribution >= 0.6 is 15.9 Å². The fourth-order valence-electron chi connectivity index (χ4n) is 3.98. The van der Waals surface area contributed by atoms with Crippen molar-refractivity contribution in [2.24, 2.45) is 5.73 Å². The van der Waals surface area contributed by atoms with Crippen molar-refractivity contribution in [3.8, 4) is 11.1 Å². The zero-order chi connectivity index (χ0) is 34.1. The Labute approximate surface area is 253 Å². The highest BCUT2D eigenvalue weighted by molar-refractivity contribution is 9.10. The summed E-state index contributed by atoms with van der Waals surface area (Å²) in [6.45, 7) is -0.114. The number of nitrogens with one attached hydrogen (secondary N) is 2. The highest BCUT2D eigenvalue weighted by Gasteiger charge is 2.73. The van der Waals surface area contributed by atoms with E-state index in [1.54, 1.807) is 5.32 Å². The minimum Gasteiger partial charge on any atom is -0.370 e. The first-order chi connectivity index (χ1) is 20.6. The van der Waals surface area contributed by atoms with Crippen LogP contribution in [0.25, 0.3) is 11.1 Å². The molecule has 6 nitrogen and oxygen atoms in total. The lowest BCUT2D eigenvalue weighted by molar-refractivity contribution is -0.348. The number of amides is 3. The molecule has 3 aromatic rings. The lowest BCUT2D eigenvalue weighted by Gasteiger charge is -2.31. The van der Waals surface area contributed by atoms with Crippen LogP contribution in [0.3, 0.4) is 0 Å². The number of hydrogen-bond donors (Lipinski definition) is 3. The SMILES string of the molecule is NC(=O)CCNC(=O)c1cccc(-c2cccc(C(=O)Nc3c(Br)cc(C(F)(C(F)(F)F)C(F)(F)F)cc3C(F)(F)F)c2F)c1. The fourth-order valence-corrected chi connectivity index (χ4v) is 4.54. The Morgan fingerprint density at radius 3 is 1.96 bits per heavy atom. The lowest BCUT2D eigenvalue weighted by Crippen LogP contribution is -2.50. The maximum absolute atomic E-state index is 15.5.